The Bertz CT molecular complexity index is 558. The smallest absolute Gasteiger partial charge is 0.226 e. The van der Waals surface area contributed by atoms with Crippen molar-refractivity contribution in [3.8, 4) is 0 Å². The number of benzene rings is 1. The van der Waals surface area contributed by atoms with E-state index >= 15 is 0 Å². The normalized spacial score (nSPS) is 20.9. The lowest BCUT2D eigenvalue weighted by atomic mass is 9.79. The minimum atomic E-state index is -0.336. The number of likely N-dealkylation sites (tertiary alicyclic amines) is 1. The van der Waals surface area contributed by atoms with Crippen molar-refractivity contribution in [3.05, 3.63) is 35.9 Å². The van der Waals surface area contributed by atoms with Gasteiger partial charge in [0, 0.05) is 17.9 Å². The number of rotatable bonds is 6. The zero-order chi connectivity index (χ0) is 16.3. The number of piperidine rings is 1. The molecular formula is C19H26N2O2. The standard InChI is InChI=1S/C19H26N2O2/c1-19(18(23)20-13-17(22)16-7-8-16)9-11-21(12-10-19)14-15-5-3-2-4-6-15/h2-6,16H,7-14H2,1H3,(H,20,23). The zero-order valence-corrected chi connectivity index (χ0v) is 13.9. The van der Waals surface area contributed by atoms with Crippen LogP contribution in [0.25, 0.3) is 0 Å². The Labute approximate surface area is 138 Å². The molecule has 3 rings (SSSR count). The highest BCUT2D eigenvalue weighted by Gasteiger charge is 2.37. The van der Waals surface area contributed by atoms with Crippen molar-refractivity contribution in [2.75, 3.05) is 19.6 Å². The summed E-state index contributed by atoms with van der Waals surface area (Å²) < 4.78 is 0. The Morgan fingerprint density at radius 2 is 1.83 bits per heavy atom. The molecule has 1 saturated carbocycles. The maximum atomic E-state index is 12.5. The lowest BCUT2D eigenvalue weighted by Crippen LogP contribution is -2.48. The summed E-state index contributed by atoms with van der Waals surface area (Å²) in [7, 11) is 0. The molecule has 124 valence electrons. The van der Waals surface area contributed by atoms with E-state index in [0.717, 1.165) is 45.3 Å². The lowest BCUT2D eigenvalue weighted by molar-refractivity contribution is -0.134. The number of nitrogens with zero attached hydrogens (tertiary/aromatic N) is 1. The average Bonchev–Trinajstić information content (AvgIpc) is 3.40. The summed E-state index contributed by atoms with van der Waals surface area (Å²) >= 11 is 0. The second-order valence-electron chi connectivity index (χ2n) is 7.25. The Hall–Kier alpha value is -1.68. The number of amides is 1. The van der Waals surface area contributed by atoms with Crippen LogP contribution < -0.4 is 5.32 Å². The number of nitrogens with one attached hydrogen (secondary N) is 1. The fraction of sp³-hybridized carbons (Fsp3) is 0.579. The van der Waals surface area contributed by atoms with E-state index in [4.69, 9.17) is 0 Å². The van der Waals surface area contributed by atoms with Gasteiger partial charge in [0.05, 0.1) is 6.54 Å². The van der Waals surface area contributed by atoms with Gasteiger partial charge in [-0.3, -0.25) is 14.5 Å². The molecule has 1 N–H and O–H groups in total. The molecule has 1 aromatic rings. The summed E-state index contributed by atoms with van der Waals surface area (Å²) in [5, 5.41) is 2.87. The highest BCUT2D eigenvalue weighted by atomic mass is 16.2. The van der Waals surface area contributed by atoms with Crippen LogP contribution in [0.5, 0.6) is 0 Å². The molecule has 2 fully saturated rings. The second kappa shape index (κ2) is 6.83. The maximum Gasteiger partial charge on any atom is 0.226 e. The predicted molar refractivity (Wildman–Crippen MR) is 89.8 cm³/mol. The molecule has 1 aromatic carbocycles. The van der Waals surface area contributed by atoms with Crippen molar-refractivity contribution in [2.45, 2.75) is 39.2 Å². The van der Waals surface area contributed by atoms with Crippen molar-refractivity contribution in [3.63, 3.8) is 0 Å². The number of Topliss-reactive ketones (excluding diaryl/α,β-unsaturated/α-hetero) is 1. The summed E-state index contributed by atoms with van der Waals surface area (Å²) in [6.45, 7) is 5.04. The largest absolute Gasteiger partial charge is 0.349 e. The first kappa shape index (κ1) is 16.2. The van der Waals surface area contributed by atoms with Crippen LogP contribution in [-0.2, 0) is 16.1 Å². The van der Waals surface area contributed by atoms with Crippen LogP contribution in [0.15, 0.2) is 30.3 Å². The van der Waals surface area contributed by atoms with Gasteiger partial charge in [0.25, 0.3) is 0 Å². The highest BCUT2D eigenvalue weighted by Crippen LogP contribution is 2.32. The third-order valence-electron chi connectivity index (χ3n) is 5.21. The topological polar surface area (TPSA) is 49.4 Å². The number of hydrogen-bond acceptors (Lipinski definition) is 3. The number of carbonyl (C=O) groups is 2. The summed E-state index contributed by atoms with van der Waals surface area (Å²) in [5.74, 6) is 0.463. The summed E-state index contributed by atoms with van der Waals surface area (Å²) in [6.07, 6.45) is 3.70. The first-order valence-corrected chi connectivity index (χ1v) is 8.64. The van der Waals surface area contributed by atoms with Gasteiger partial charge in [-0.05, 0) is 44.3 Å². The monoisotopic (exact) mass is 314 g/mol. The number of carbonyl (C=O) groups excluding carboxylic acids is 2. The predicted octanol–water partition coefficient (Wildman–Crippen LogP) is 2.38. The first-order valence-electron chi connectivity index (χ1n) is 8.64. The fourth-order valence-corrected chi connectivity index (χ4v) is 3.20. The van der Waals surface area contributed by atoms with E-state index in [-0.39, 0.29) is 29.6 Å². The minimum Gasteiger partial charge on any atom is -0.349 e. The van der Waals surface area contributed by atoms with Gasteiger partial charge >= 0.3 is 0 Å². The molecule has 2 aliphatic rings. The van der Waals surface area contributed by atoms with Gasteiger partial charge in [-0.2, -0.15) is 0 Å². The van der Waals surface area contributed by atoms with Crippen LogP contribution >= 0.6 is 0 Å². The van der Waals surface area contributed by atoms with E-state index in [1.807, 2.05) is 13.0 Å². The van der Waals surface area contributed by atoms with E-state index in [2.05, 4.69) is 34.5 Å². The quantitative estimate of drug-likeness (QED) is 0.877. The SMILES string of the molecule is CC1(C(=O)NCC(=O)C2CC2)CCN(Cc2ccccc2)CC1. The van der Waals surface area contributed by atoms with Crippen molar-refractivity contribution < 1.29 is 9.59 Å². The van der Waals surface area contributed by atoms with Crippen LogP contribution in [-0.4, -0.2) is 36.2 Å². The Balaban J connectivity index is 1.46. The zero-order valence-electron chi connectivity index (χ0n) is 13.9. The van der Waals surface area contributed by atoms with E-state index in [1.54, 1.807) is 0 Å². The van der Waals surface area contributed by atoms with E-state index < -0.39 is 0 Å². The van der Waals surface area contributed by atoms with Gasteiger partial charge in [0.2, 0.25) is 5.91 Å². The van der Waals surface area contributed by atoms with Crippen molar-refractivity contribution >= 4 is 11.7 Å². The number of ketones is 1. The van der Waals surface area contributed by atoms with E-state index in [1.165, 1.54) is 5.56 Å². The molecule has 0 atom stereocenters. The van der Waals surface area contributed by atoms with Gasteiger partial charge in [-0.25, -0.2) is 0 Å². The molecule has 4 heteroatoms. The molecule has 0 bridgehead atoms. The molecule has 23 heavy (non-hydrogen) atoms. The summed E-state index contributed by atoms with van der Waals surface area (Å²) in [4.78, 5) is 26.6. The molecule has 0 aromatic heterocycles. The minimum absolute atomic E-state index is 0.0471. The summed E-state index contributed by atoms with van der Waals surface area (Å²) in [5.41, 5.74) is 0.979. The van der Waals surface area contributed by atoms with Crippen LogP contribution in [0.1, 0.15) is 38.2 Å². The van der Waals surface area contributed by atoms with E-state index in [0.29, 0.717) is 0 Å². The molecule has 1 aliphatic heterocycles. The fourth-order valence-electron chi connectivity index (χ4n) is 3.20. The lowest BCUT2D eigenvalue weighted by Gasteiger charge is -2.38. The summed E-state index contributed by atoms with van der Waals surface area (Å²) in [6, 6.07) is 10.4. The van der Waals surface area contributed by atoms with Crippen LogP contribution in [0, 0.1) is 11.3 Å². The molecular weight excluding hydrogens is 288 g/mol. The Kier molecular flexibility index (Phi) is 4.81. The highest BCUT2D eigenvalue weighted by molar-refractivity contribution is 5.90. The Morgan fingerprint density at radius 3 is 2.43 bits per heavy atom. The van der Waals surface area contributed by atoms with Gasteiger partial charge in [-0.1, -0.05) is 37.3 Å². The first-order chi connectivity index (χ1) is 11.1. The van der Waals surface area contributed by atoms with Crippen molar-refractivity contribution in [1.82, 2.24) is 10.2 Å². The van der Waals surface area contributed by atoms with Crippen molar-refractivity contribution in [1.29, 1.82) is 0 Å². The molecule has 1 amide bonds. The van der Waals surface area contributed by atoms with Gasteiger partial charge in [0.15, 0.2) is 5.78 Å². The van der Waals surface area contributed by atoms with Crippen LogP contribution in [0.3, 0.4) is 0 Å². The molecule has 0 radical (unpaired) electrons. The molecule has 1 saturated heterocycles. The molecule has 1 aliphatic carbocycles. The van der Waals surface area contributed by atoms with Crippen LogP contribution in [0.4, 0.5) is 0 Å². The van der Waals surface area contributed by atoms with Crippen molar-refractivity contribution in [2.24, 2.45) is 11.3 Å². The van der Waals surface area contributed by atoms with Gasteiger partial charge < -0.3 is 5.32 Å². The third-order valence-corrected chi connectivity index (χ3v) is 5.21. The molecule has 1 heterocycles. The van der Waals surface area contributed by atoms with Crippen LogP contribution in [0.2, 0.25) is 0 Å². The molecule has 4 nitrogen and oxygen atoms in total. The number of hydrogen-bond donors (Lipinski definition) is 1. The molecule has 0 unspecified atom stereocenters. The Morgan fingerprint density at radius 1 is 1.17 bits per heavy atom. The second-order valence-corrected chi connectivity index (χ2v) is 7.25. The average molecular weight is 314 g/mol. The van der Waals surface area contributed by atoms with Gasteiger partial charge in [-0.15, -0.1) is 0 Å². The third kappa shape index (κ3) is 4.20. The molecule has 0 spiro atoms. The van der Waals surface area contributed by atoms with Gasteiger partial charge in [0.1, 0.15) is 0 Å². The maximum absolute atomic E-state index is 12.5. The van der Waals surface area contributed by atoms with E-state index in [9.17, 15) is 9.59 Å².